The number of rotatable bonds is 5. The fourth-order valence-corrected chi connectivity index (χ4v) is 6.72. The summed E-state index contributed by atoms with van der Waals surface area (Å²) in [4.78, 5) is 31.9. The number of sulfonamides is 1. The van der Waals surface area contributed by atoms with Crippen LogP contribution in [0.25, 0.3) is 0 Å². The van der Waals surface area contributed by atoms with Crippen molar-refractivity contribution in [1.29, 1.82) is 0 Å². The molecule has 3 heterocycles. The number of carbonyl (C=O) groups is 2. The van der Waals surface area contributed by atoms with Crippen molar-refractivity contribution in [2.45, 2.75) is 56.9 Å². The van der Waals surface area contributed by atoms with E-state index in [-0.39, 0.29) is 16.7 Å². The minimum absolute atomic E-state index is 0.0482. The molecule has 0 bridgehead atoms. The van der Waals surface area contributed by atoms with E-state index in [9.17, 15) is 18.0 Å². The van der Waals surface area contributed by atoms with Crippen molar-refractivity contribution < 1.29 is 18.0 Å². The molecule has 4 rings (SSSR count). The van der Waals surface area contributed by atoms with Gasteiger partial charge in [-0.2, -0.15) is 4.31 Å². The number of piperazine rings is 1. The van der Waals surface area contributed by atoms with E-state index >= 15 is 0 Å². The molecule has 1 unspecified atom stereocenters. The van der Waals surface area contributed by atoms with Crippen LogP contribution in [0.4, 0.5) is 5.69 Å². The van der Waals surface area contributed by atoms with E-state index in [0.717, 1.165) is 50.9 Å². The third-order valence-corrected chi connectivity index (χ3v) is 8.73. The number of benzene rings is 1. The van der Waals surface area contributed by atoms with E-state index in [1.54, 1.807) is 27.4 Å². The second kappa shape index (κ2) is 9.49. The molecule has 8 nitrogen and oxygen atoms in total. The van der Waals surface area contributed by atoms with Crippen LogP contribution in [0.1, 0.15) is 45.1 Å². The van der Waals surface area contributed by atoms with Crippen LogP contribution < -0.4 is 4.90 Å². The summed E-state index contributed by atoms with van der Waals surface area (Å²) < 4.78 is 27.8. The molecule has 0 radical (unpaired) electrons. The summed E-state index contributed by atoms with van der Waals surface area (Å²) in [6.07, 6.45) is 4.26. The zero-order chi connectivity index (χ0) is 22.9. The van der Waals surface area contributed by atoms with Gasteiger partial charge in [-0.15, -0.1) is 0 Å². The lowest BCUT2D eigenvalue weighted by Crippen LogP contribution is -2.55. The van der Waals surface area contributed by atoms with E-state index in [2.05, 4.69) is 11.8 Å². The predicted octanol–water partition coefficient (Wildman–Crippen LogP) is 1.69. The largest absolute Gasteiger partial charge is 0.338 e. The number of hydrogen-bond donors (Lipinski definition) is 0. The molecule has 32 heavy (non-hydrogen) atoms. The third-order valence-electron chi connectivity index (χ3n) is 6.84. The summed E-state index contributed by atoms with van der Waals surface area (Å²) in [5.41, 5.74) is 1.40. The van der Waals surface area contributed by atoms with E-state index in [1.807, 2.05) is 4.90 Å². The van der Waals surface area contributed by atoms with Gasteiger partial charge in [-0.3, -0.25) is 19.4 Å². The van der Waals surface area contributed by atoms with Gasteiger partial charge in [0.05, 0.1) is 4.90 Å². The summed E-state index contributed by atoms with van der Waals surface area (Å²) in [5.74, 6) is -0.244. The summed E-state index contributed by atoms with van der Waals surface area (Å²) in [6, 6.07) is 4.34. The third kappa shape index (κ3) is 4.43. The Morgan fingerprint density at radius 3 is 2.31 bits per heavy atom. The molecule has 1 aromatic carbocycles. The number of piperidine rings is 1. The average Bonchev–Trinajstić information content (AvgIpc) is 3.19. The first-order valence-corrected chi connectivity index (χ1v) is 13.2. The minimum atomic E-state index is -3.56. The molecule has 2 amide bonds. The van der Waals surface area contributed by atoms with Gasteiger partial charge in [0.25, 0.3) is 0 Å². The number of carbonyl (C=O) groups excluding carboxylic acids is 2. The van der Waals surface area contributed by atoms with Crippen molar-refractivity contribution in [1.82, 2.24) is 14.1 Å². The van der Waals surface area contributed by atoms with Gasteiger partial charge in [0, 0.05) is 58.3 Å². The highest BCUT2D eigenvalue weighted by Crippen LogP contribution is 2.36. The van der Waals surface area contributed by atoms with E-state index < -0.39 is 16.1 Å². The summed E-state index contributed by atoms with van der Waals surface area (Å²) in [5, 5.41) is 0. The standard InChI is InChI=1S/C23H34N4O4S/c1-3-9-24-12-14-25(15-13-24)23(29)22-17-19-16-20(7-8-21(19)27(22)18(2)28)32(30,31)26-10-5-4-6-11-26/h7-8,16,22H,3-6,9-15,17H2,1-2H3. The van der Waals surface area contributed by atoms with Gasteiger partial charge in [-0.1, -0.05) is 13.3 Å². The summed E-state index contributed by atoms with van der Waals surface area (Å²) in [6.45, 7) is 8.75. The zero-order valence-electron chi connectivity index (χ0n) is 19.1. The van der Waals surface area contributed by atoms with Gasteiger partial charge in [-0.05, 0) is 49.6 Å². The normalized spacial score (nSPS) is 22.8. The van der Waals surface area contributed by atoms with Crippen LogP contribution in [0.3, 0.4) is 0 Å². The molecule has 176 valence electrons. The first kappa shape index (κ1) is 23.2. The summed E-state index contributed by atoms with van der Waals surface area (Å²) >= 11 is 0. The smallest absolute Gasteiger partial charge is 0.246 e. The predicted molar refractivity (Wildman–Crippen MR) is 123 cm³/mol. The van der Waals surface area contributed by atoms with Gasteiger partial charge in [-0.25, -0.2) is 8.42 Å². The quantitative estimate of drug-likeness (QED) is 0.665. The molecule has 3 aliphatic heterocycles. The molecule has 3 aliphatic rings. The first-order chi connectivity index (χ1) is 15.3. The minimum Gasteiger partial charge on any atom is -0.338 e. The Kier molecular flexibility index (Phi) is 6.88. The van der Waals surface area contributed by atoms with Gasteiger partial charge < -0.3 is 4.90 Å². The molecule has 2 fully saturated rings. The zero-order valence-corrected chi connectivity index (χ0v) is 19.9. The van der Waals surface area contributed by atoms with Crippen LogP contribution in [0, 0.1) is 0 Å². The second-order valence-electron chi connectivity index (χ2n) is 9.03. The Labute approximate surface area is 191 Å². The number of anilines is 1. The topological polar surface area (TPSA) is 81.2 Å². The molecular formula is C23H34N4O4S. The molecular weight excluding hydrogens is 428 g/mol. The van der Waals surface area contributed by atoms with Crippen molar-refractivity contribution in [3.63, 3.8) is 0 Å². The lowest BCUT2D eigenvalue weighted by Gasteiger charge is -2.37. The van der Waals surface area contributed by atoms with Crippen LogP contribution >= 0.6 is 0 Å². The Bertz CT molecular complexity index is 966. The monoisotopic (exact) mass is 462 g/mol. The molecule has 9 heteroatoms. The number of hydrogen-bond acceptors (Lipinski definition) is 5. The van der Waals surface area contributed by atoms with Gasteiger partial charge in [0.15, 0.2) is 0 Å². The fourth-order valence-electron chi connectivity index (χ4n) is 5.15. The highest BCUT2D eigenvalue weighted by Gasteiger charge is 2.40. The number of nitrogens with zero attached hydrogens (tertiary/aromatic N) is 4. The molecule has 0 N–H and O–H groups in total. The van der Waals surface area contributed by atoms with Crippen LogP contribution in [0.2, 0.25) is 0 Å². The SMILES string of the molecule is CCCN1CCN(C(=O)C2Cc3cc(S(=O)(=O)N4CCCCC4)ccc3N2C(C)=O)CC1. The van der Waals surface area contributed by atoms with E-state index in [4.69, 9.17) is 0 Å². The fraction of sp³-hybridized carbons (Fsp3) is 0.652. The number of amides is 2. The summed E-state index contributed by atoms with van der Waals surface area (Å²) in [7, 11) is -3.56. The van der Waals surface area contributed by atoms with Crippen LogP contribution in [0.5, 0.6) is 0 Å². The lowest BCUT2D eigenvalue weighted by molar-refractivity contribution is -0.135. The maximum atomic E-state index is 13.4. The first-order valence-electron chi connectivity index (χ1n) is 11.8. The van der Waals surface area contributed by atoms with Crippen molar-refractivity contribution >= 4 is 27.5 Å². The molecule has 0 aliphatic carbocycles. The van der Waals surface area contributed by atoms with E-state index in [0.29, 0.717) is 38.3 Å². The molecule has 0 spiro atoms. The van der Waals surface area contributed by atoms with E-state index in [1.165, 1.54) is 6.92 Å². The van der Waals surface area contributed by atoms with Crippen molar-refractivity contribution in [2.75, 3.05) is 50.7 Å². The van der Waals surface area contributed by atoms with Gasteiger partial charge in [0.2, 0.25) is 21.8 Å². The van der Waals surface area contributed by atoms with Gasteiger partial charge in [0.1, 0.15) is 6.04 Å². The lowest BCUT2D eigenvalue weighted by atomic mass is 10.1. The average molecular weight is 463 g/mol. The Morgan fingerprint density at radius 1 is 1.00 bits per heavy atom. The van der Waals surface area contributed by atoms with Crippen molar-refractivity contribution in [3.8, 4) is 0 Å². The van der Waals surface area contributed by atoms with Crippen LogP contribution in [-0.4, -0.2) is 86.2 Å². The highest BCUT2D eigenvalue weighted by molar-refractivity contribution is 7.89. The van der Waals surface area contributed by atoms with Crippen molar-refractivity contribution in [2.24, 2.45) is 0 Å². The number of fused-ring (bicyclic) bond motifs is 1. The molecule has 0 aromatic heterocycles. The maximum absolute atomic E-state index is 13.4. The second-order valence-corrected chi connectivity index (χ2v) is 11.0. The maximum Gasteiger partial charge on any atom is 0.246 e. The molecule has 2 saturated heterocycles. The van der Waals surface area contributed by atoms with Crippen molar-refractivity contribution in [3.05, 3.63) is 23.8 Å². The van der Waals surface area contributed by atoms with Crippen LogP contribution in [-0.2, 0) is 26.0 Å². The van der Waals surface area contributed by atoms with Gasteiger partial charge >= 0.3 is 0 Å². The Morgan fingerprint density at radius 2 is 1.69 bits per heavy atom. The van der Waals surface area contributed by atoms with Crippen LogP contribution in [0.15, 0.2) is 23.1 Å². The molecule has 1 atom stereocenters. The molecule has 1 aromatic rings. The Hall–Kier alpha value is -1.97. The Balaban J connectivity index is 1.54. The highest BCUT2D eigenvalue weighted by atomic mass is 32.2. The molecule has 0 saturated carbocycles.